The number of hydrogen-bond donors (Lipinski definition) is 2. The zero-order valence-electron chi connectivity index (χ0n) is 8.54. The van der Waals surface area contributed by atoms with Gasteiger partial charge >= 0.3 is 0 Å². The van der Waals surface area contributed by atoms with E-state index in [9.17, 15) is 4.79 Å². The van der Waals surface area contributed by atoms with Crippen molar-refractivity contribution in [1.29, 1.82) is 0 Å². The van der Waals surface area contributed by atoms with E-state index in [0.29, 0.717) is 16.3 Å². The van der Waals surface area contributed by atoms with Crippen LogP contribution >= 0.6 is 43.2 Å². The maximum absolute atomic E-state index is 11.9. The summed E-state index contributed by atoms with van der Waals surface area (Å²) in [7, 11) is 0. The van der Waals surface area contributed by atoms with Gasteiger partial charge in [0, 0.05) is 14.6 Å². The molecule has 1 aromatic heterocycles. The quantitative estimate of drug-likeness (QED) is 0.776. The van der Waals surface area contributed by atoms with Gasteiger partial charge in [-0.15, -0.1) is 11.3 Å². The van der Waals surface area contributed by atoms with Crippen molar-refractivity contribution in [2.24, 2.45) is 0 Å². The van der Waals surface area contributed by atoms with Crippen LogP contribution in [0.25, 0.3) is 0 Å². The molecule has 1 amide bonds. The lowest BCUT2D eigenvalue weighted by Gasteiger charge is -2.09. The molecule has 3 N–H and O–H groups in total. The smallest absolute Gasteiger partial charge is 0.265 e. The molecule has 17 heavy (non-hydrogen) atoms. The summed E-state index contributed by atoms with van der Waals surface area (Å²) in [5.74, 6) is -0.133. The van der Waals surface area contributed by atoms with Crippen molar-refractivity contribution in [1.82, 2.24) is 0 Å². The molecule has 0 atom stereocenters. The predicted octanol–water partition coefficient (Wildman–Crippen LogP) is 4.11. The number of carbonyl (C=O) groups excluding carboxylic acids is 1. The van der Waals surface area contributed by atoms with Crippen LogP contribution in [0.3, 0.4) is 0 Å². The Balaban J connectivity index is 2.28. The van der Waals surface area contributed by atoms with Crippen LogP contribution in [0.5, 0.6) is 0 Å². The number of hydrogen-bond acceptors (Lipinski definition) is 3. The van der Waals surface area contributed by atoms with E-state index in [1.807, 2.05) is 11.4 Å². The average Bonchev–Trinajstić information content (AvgIpc) is 2.76. The third-order valence-electron chi connectivity index (χ3n) is 2.05. The molecule has 2 aromatic rings. The molecule has 0 radical (unpaired) electrons. The lowest BCUT2D eigenvalue weighted by molar-refractivity contribution is 0.103. The molecular formula is C11H8Br2N2OS. The van der Waals surface area contributed by atoms with Gasteiger partial charge in [-0.25, -0.2) is 0 Å². The third-order valence-corrected chi connectivity index (χ3v) is 4.17. The minimum absolute atomic E-state index is 0.133. The Labute approximate surface area is 119 Å². The average molecular weight is 376 g/mol. The Kier molecular flexibility index (Phi) is 3.86. The van der Waals surface area contributed by atoms with Gasteiger partial charge in [0.25, 0.3) is 5.91 Å². The molecule has 2 rings (SSSR count). The van der Waals surface area contributed by atoms with Crippen molar-refractivity contribution in [2.45, 2.75) is 0 Å². The number of rotatable bonds is 2. The summed E-state index contributed by atoms with van der Waals surface area (Å²) in [5.41, 5.74) is 6.98. The van der Waals surface area contributed by atoms with E-state index in [1.165, 1.54) is 11.3 Å². The number of halogens is 2. The van der Waals surface area contributed by atoms with Crippen LogP contribution in [0.1, 0.15) is 9.67 Å². The first kappa shape index (κ1) is 12.6. The SMILES string of the molecule is Nc1cc(Br)c(NC(=O)c2cccs2)c(Br)c1. The van der Waals surface area contributed by atoms with Crippen molar-refractivity contribution < 1.29 is 4.79 Å². The summed E-state index contributed by atoms with van der Waals surface area (Å²) < 4.78 is 1.49. The fraction of sp³-hybridized carbons (Fsp3) is 0. The highest BCUT2D eigenvalue weighted by Crippen LogP contribution is 2.33. The van der Waals surface area contributed by atoms with E-state index >= 15 is 0 Å². The van der Waals surface area contributed by atoms with Gasteiger partial charge in [0.15, 0.2) is 0 Å². The molecule has 88 valence electrons. The van der Waals surface area contributed by atoms with Gasteiger partial charge in [-0.2, -0.15) is 0 Å². The number of anilines is 2. The highest BCUT2D eigenvalue weighted by molar-refractivity contribution is 9.11. The van der Waals surface area contributed by atoms with Gasteiger partial charge < -0.3 is 11.1 Å². The minimum Gasteiger partial charge on any atom is -0.399 e. The van der Waals surface area contributed by atoms with Crippen molar-refractivity contribution in [3.63, 3.8) is 0 Å². The molecule has 1 aromatic carbocycles. The first-order valence-corrected chi connectivity index (χ1v) is 7.14. The summed E-state index contributed by atoms with van der Waals surface area (Å²) in [4.78, 5) is 12.6. The lowest BCUT2D eigenvalue weighted by atomic mass is 10.3. The van der Waals surface area contributed by atoms with E-state index in [1.54, 1.807) is 18.2 Å². The Morgan fingerprint density at radius 1 is 1.29 bits per heavy atom. The summed E-state index contributed by atoms with van der Waals surface area (Å²) >= 11 is 8.13. The minimum atomic E-state index is -0.133. The van der Waals surface area contributed by atoms with Crippen molar-refractivity contribution in [3.05, 3.63) is 43.5 Å². The molecule has 0 fully saturated rings. The molecule has 0 aliphatic heterocycles. The van der Waals surface area contributed by atoms with E-state index in [-0.39, 0.29) is 5.91 Å². The van der Waals surface area contributed by atoms with Gasteiger partial charge in [-0.1, -0.05) is 6.07 Å². The predicted molar refractivity (Wildman–Crippen MR) is 78.5 cm³/mol. The molecular weight excluding hydrogens is 368 g/mol. The van der Waals surface area contributed by atoms with E-state index in [0.717, 1.165) is 8.95 Å². The van der Waals surface area contributed by atoms with Crippen LogP contribution in [0.2, 0.25) is 0 Å². The summed E-state index contributed by atoms with van der Waals surface area (Å²) in [6, 6.07) is 7.11. The Hall–Kier alpha value is -0.850. The van der Waals surface area contributed by atoms with Gasteiger partial charge in [0.2, 0.25) is 0 Å². The molecule has 6 heteroatoms. The van der Waals surface area contributed by atoms with Gasteiger partial charge in [-0.3, -0.25) is 4.79 Å². The molecule has 0 aliphatic rings. The monoisotopic (exact) mass is 374 g/mol. The molecule has 0 unspecified atom stereocenters. The normalized spacial score (nSPS) is 10.2. The fourth-order valence-corrected chi connectivity index (χ4v) is 3.33. The van der Waals surface area contributed by atoms with Crippen molar-refractivity contribution in [3.8, 4) is 0 Å². The molecule has 0 aliphatic carbocycles. The summed E-state index contributed by atoms with van der Waals surface area (Å²) in [5, 5.41) is 4.69. The molecule has 3 nitrogen and oxygen atoms in total. The van der Waals surface area contributed by atoms with Crippen molar-refractivity contribution >= 4 is 60.5 Å². The van der Waals surface area contributed by atoms with Gasteiger partial charge in [0.05, 0.1) is 10.6 Å². The second kappa shape index (κ2) is 5.20. The number of amides is 1. The Bertz CT molecular complexity index is 532. The van der Waals surface area contributed by atoms with Crippen LogP contribution in [0, 0.1) is 0 Å². The van der Waals surface area contributed by atoms with Crippen LogP contribution in [0.15, 0.2) is 38.6 Å². The fourth-order valence-electron chi connectivity index (χ4n) is 1.30. The first-order valence-electron chi connectivity index (χ1n) is 4.67. The number of nitrogens with two attached hydrogens (primary N) is 1. The zero-order valence-corrected chi connectivity index (χ0v) is 12.5. The van der Waals surface area contributed by atoms with Crippen molar-refractivity contribution in [2.75, 3.05) is 11.1 Å². The highest BCUT2D eigenvalue weighted by Gasteiger charge is 2.12. The topological polar surface area (TPSA) is 55.1 Å². The first-order chi connectivity index (χ1) is 8.08. The standard InChI is InChI=1S/C11H8Br2N2OS/c12-7-4-6(14)5-8(13)10(7)15-11(16)9-2-1-3-17-9/h1-5H,14H2,(H,15,16). The second-order valence-corrected chi connectivity index (χ2v) is 5.95. The largest absolute Gasteiger partial charge is 0.399 e. The molecule has 0 saturated heterocycles. The molecule has 1 heterocycles. The Morgan fingerprint density at radius 2 is 1.94 bits per heavy atom. The second-order valence-electron chi connectivity index (χ2n) is 3.29. The lowest BCUT2D eigenvalue weighted by Crippen LogP contribution is -2.11. The molecule has 0 saturated carbocycles. The highest BCUT2D eigenvalue weighted by atomic mass is 79.9. The maximum atomic E-state index is 11.9. The van der Waals surface area contributed by atoms with E-state index in [2.05, 4.69) is 37.2 Å². The molecule has 0 bridgehead atoms. The number of thiophene rings is 1. The van der Waals surface area contributed by atoms with E-state index in [4.69, 9.17) is 5.73 Å². The number of nitrogen functional groups attached to an aromatic ring is 1. The Morgan fingerprint density at radius 3 is 2.47 bits per heavy atom. The van der Waals surface area contributed by atoms with Crippen LogP contribution < -0.4 is 11.1 Å². The van der Waals surface area contributed by atoms with Crippen LogP contribution in [-0.2, 0) is 0 Å². The number of benzene rings is 1. The summed E-state index contributed by atoms with van der Waals surface area (Å²) in [6.07, 6.45) is 0. The van der Waals surface area contributed by atoms with E-state index < -0.39 is 0 Å². The number of nitrogens with one attached hydrogen (secondary N) is 1. The summed E-state index contributed by atoms with van der Waals surface area (Å²) in [6.45, 7) is 0. The number of carbonyl (C=O) groups is 1. The third kappa shape index (κ3) is 2.88. The maximum Gasteiger partial charge on any atom is 0.265 e. The molecule has 0 spiro atoms. The zero-order chi connectivity index (χ0) is 12.4. The van der Waals surface area contributed by atoms with Crippen LogP contribution in [-0.4, -0.2) is 5.91 Å². The van der Waals surface area contributed by atoms with Gasteiger partial charge in [-0.05, 0) is 55.4 Å². The van der Waals surface area contributed by atoms with Crippen LogP contribution in [0.4, 0.5) is 11.4 Å². The van der Waals surface area contributed by atoms with Gasteiger partial charge in [0.1, 0.15) is 0 Å².